The second-order valence-electron chi connectivity index (χ2n) is 6.19. The molecule has 0 saturated heterocycles. The Morgan fingerprint density at radius 2 is 1.77 bits per heavy atom. The van der Waals surface area contributed by atoms with Crippen LogP contribution in [-0.2, 0) is 22.7 Å². The summed E-state index contributed by atoms with van der Waals surface area (Å²) in [6, 6.07) is 18.7. The van der Waals surface area contributed by atoms with E-state index in [0.717, 1.165) is 5.56 Å². The lowest BCUT2D eigenvalue weighted by Crippen LogP contribution is -2.41. The van der Waals surface area contributed by atoms with Crippen LogP contribution in [0, 0.1) is 0 Å². The minimum atomic E-state index is -0.753. The van der Waals surface area contributed by atoms with E-state index in [0.29, 0.717) is 18.1 Å². The van der Waals surface area contributed by atoms with Crippen molar-refractivity contribution in [2.75, 3.05) is 6.61 Å². The van der Waals surface area contributed by atoms with E-state index in [4.69, 9.17) is 13.9 Å². The second-order valence-corrected chi connectivity index (χ2v) is 6.19. The number of imide groups is 1. The molecule has 2 N–H and O–H groups in total. The van der Waals surface area contributed by atoms with Crippen molar-refractivity contribution in [1.82, 2.24) is 10.6 Å². The Labute approximate surface area is 172 Å². The molecule has 0 bridgehead atoms. The van der Waals surface area contributed by atoms with Crippen LogP contribution in [0.4, 0.5) is 4.79 Å². The Hall–Kier alpha value is -4.07. The highest BCUT2D eigenvalue weighted by atomic mass is 16.5. The van der Waals surface area contributed by atoms with Crippen molar-refractivity contribution in [3.8, 4) is 5.75 Å². The van der Waals surface area contributed by atoms with Gasteiger partial charge >= 0.3 is 12.0 Å². The van der Waals surface area contributed by atoms with Crippen LogP contribution < -0.4 is 15.4 Å². The Morgan fingerprint density at radius 3 is 2.53 bits per heavy atom. The van der Waals surface area contributed by atoms with Gasteiger partial charge in [0, 0.05) is 0 Å². The smallest absolute Gasteiger partial charge is 0.338 e. The van der Waals surface area contributed by atoms with Gasteiger partial charge in [0.05, 0.1) is 18.4 Å². The minimum absolute atomic E-state index is 0.127. The third kappa shape index (κ3) is 6.52. The van der Waals surface area contributed by atoms with Gasteiger partial charge in [0.1, 0.15) is 18.1 Å². The van der Waals surface area contributed by atoms with Crippen LogP contribution in [0.15, 0.2) is 77.4 Å². The molecule has 1 aromatic heterocycles. The molecule has 0 saturated carbocycles. The fraction of sp³-hybridized carbons (Fsp3) is 0.136. The first-order valence-corrected chi connectivity index (χ1v) is 9.14. The number of furan rings is 1. The molecular formula is C22H20N2O6. The largest absolute Gasteiger partial charge is 0.489 e. The Morgan fingerprint density at radius 1 is 0.933 bits per heavy atom. The zero-order chi connectivity index (χ0) is 21.2. The van der Waals surface area contributed by atoms with Gasteiger partial charge in [-0.05, 0) is 35.9 Å². The van der Waals surface area contributed by atoms with Gasteiger partial charge in [-0.1, -0.05) is 36.4 Å². The molecule has 0 atom stereocenters. The zero-order valence-electron chi connectivity index (χ0n) is 16.0. The van der Waals surface area contributed by atoms with E-state index in [1.54, 1.807) is 30.3 Å². The number of nitrogens with one attached hydrogen (secondary N) is 2. The van der Waals surface area contributed by atoms with Gasteiger partial charge in [-0.15, -0.1) is 0 Å². The molecule has 1 heterocycles. The highest BCUT2D eigenvalue weighted by molar-refractivity contribution is 5.97. The molecule has 8 nitrogen and oxygen atoms in total. The molecular weight excluding hydrogens is 388 g/mol. The average molecular weight is 408 g/mol. The Bertz CT molecular complexity index is 986. The third-order valence-electron chi connectivity index (χ3n) is 3.91. The number of urea groups is 1. The van der Waals surface area contributed by atoms with Gasteiger partial charge in [0.25, 0.3) is 5.91 Å². The molecule has 3 aromatic rings. The maximum atomic E-state index is 12.2. The SMILES string of the molecule is O=C(COC(=O)c1cccc(OCc2ccccc2)c1)NC(=O)NCc1ccco1. The highest BCUT2D eigenvalue weighted by Gasteiger charge is 2.13. The molecule has 30 heavy (non-hydrogen) atoms. The molecule has 154 valence electrons. The van der Waals surface area contributed by atoms with E-state index in [9.17, 15) is 14.4 Å². The lowest BCUT2D eigenvalue weighted by molar-refractivity contribution is -0.123. The number of rotatable bonds is 8. The summed E-state index contributed by atoms with van der Waals surface area (Å²) in [6.45, 7) is -0.112. The van der Waals surface area contributed by atoms with Crippen molar-refractivity contribution in [2.24, 2.45) is 0 Å². The first-order valence-electron chi connectivity index (χ1n) is 9.14. The molecule has 0 aliphatic heterocycles. The number of carbonyl (C=O) groups is 3. The number of amides is 3. The number of hydrogen-bond donors (Lipinski definition) is 2. The summed E-state index contributed by atoms with van der Waals surface area (Å²) in [5.41, 5.74) is 1.23. The zero-order valence-corrected chi connectivity index (χ0v) is 16.0. The maximum Gasteiger partial charge on any atom is 0.338 e. The topological polar surface area (TPSA) is 107 Å². The number of benzene rings is 2. The third-order valence-corrected chi connectivity index (χ3v) is 3.91. The standard InChI is InChI=1S/C22H20N2O6/c25-20(24-22(27)23-13-19-10-5-11-28-19)15-30-21(26)17-8-4-9-18(12-17)29-14-16-6-2-1-3-7-16/h1-12H,13-15H2,(H2,23,24,25,27). The molecule has 0 aliphatic rings. The van der Waals surface area contributed by atoms with Crippen LogP contribution >= 0.6 is 0 Å². The van der Waals surface area contributed by atoms with Crippen molar-refractivity contribution in [2.45, 2.75) is 13.2 Å². The van der Waals surface area contributed by atoms with Gasteiger partial charge < -0.3 is 19.2 Å². The van der Waals surface area contributed by atoms with Crippen molar-refractivity contribution in [1.29, 1.82) is 0 Å². The Balaban J connectivity index is 1.42. The van der Waals surface area contributed by atoms with E-state index in [-0.39, 0.29) is 12.1 Å². The monoisotopic (exact) mass is 408 g/mol. The van der Waals surface area contributed by atoms with Gasteiger partial charge in [-0.2, -0.15) is 0 Å². The summed E-state index contributed by atoms with van der Waals surface area (Å²) in [5, 5.41) is 4.52. The van der Waals surface area contributed by atoms with Gasteiger partial charge in [0.15, 0.2) is 6.61 Å². The quantitative estimate of drug-likeness (QED) is 0.555. The lowest BCUT2D eigenvalue weighted by atomic mass is 10.2. The summed E-state index contributed by atoms with van der Waals surface area (Å²) < 4.78 is 15.7. The van der Waals surface area contributed by atoms with E-state index >= 15 is 0 Å². The summed E-state index contributed by atoms with van der Waals surface area (Å²) in [6.07, 6.45) is 1.47. The lowest BCUT2D eigenvalue weighted by Gasteiger charge is -2.09. The summed E-state index contributed by atoms with van der Waals surface area (Å²) in [5.74, 6) is -0.420. The molecule has 0 fully saturated rings. The van der Waals surface area contributed by atoms with Crippen LogP contribution in [0.1, 0.15) is 21.7 Å². The van der Waals surface area contributed by atoms with Crippen LogP contribution in [0.3, 0.4) is 0 Å². The van der Waals surface area contributed by atoms with Crippen molar-refractivity contribution in [3.63, 3.8) is 0 Å². The number of carbonyl (C=O) groups excluding carboxylic acids is 3. The molecule has 8 heteroatoms. The highest BCUT2D eigenvalue weighted by Crippen LogP contribution is 2.16. The molecule has 0 aliphatic carbocycles. The first kappa shape index (κ1) is 20.7. The predicted octanol–water partition coefficient (Wildman–Crippen LogP) is 3.04. The van der Waals surface area contributed by atoms with Gasteiger partial charge in [-0.25, -0.2) is 9.59 Å². The van der Waals surface area contributed by atoms with E-state index in [2.05, 4.69) is 10.6 Å². The summed E-state index contributed by atoms with van der Waals surface area (Å²) in [4.78, 5) is 35.6. The van der Waals surface area contributed by atoms with Crippen molar-refractivity contribution in [3.05, 3.63) is 89.9 Å². The minimum Gasteiger partial charge on any atom is -0.489 e. The van der Waals surface area contributed by atoms with E-state index in [1.807, 2.05) is 30.3 Å². The summed E-state index contributed by atoms with van der Waals surface area (Å²) >= 11 is 0. The molecule has 0 radical (unpaired) electrons. The van der Waals surface area contributed by atoms with Gasteiger partial charge in [-0.3, -0.25) is 10.1 Å². The van der Waals surface area contributed by atoms with Crippen molar-refractivity contribution < 1.29 is 28.3 Å². The second kappa shape index (κ2) is 10.5. The molecule has 2 aromatic carbocycles. The van der Waals surface area contributed by atoms with Crippen LogP contribution in [0.5, 0.6) is 5.75 Å². The fourth-order valence-corrected chi connectivity index (χ4v) is 2.46. The fourth-order valence-electron chi connectivity index (χ4n) is 2.46. The number of esters is 1. The van der Waals surface area contributed by atoms with E-state index in [1.165, 1.54) is 12.3 Å². The first-order chi connectivity index (χ1) is 14.6. The normalized spacial score (nSPS) is 10.1. The number of hydrogen-bond acceptors (Lipinski definition) is 6. The summed E-state index contributed by atoms with van der Waals surface area (Å²) in [7, 11) is 0. The van der Waals surface area contributed by atoms with Crippen molar-refractivity contribution >= 4 is 17.9 Å². The van der Waals surface area contributed by atoms with Gasteiger partial charge in [0.2, 0.25) is 0 Å². The van der Waals surface area contributed by atoms with Crippen LogP contribution in [-0.4, -0.2) is 24.5 Å². The van der Waals surface area contributed by atoms with Crippen LogP contribution in [0.25, 0.3) is 0 Å². The number of ether oxygens (including phenoxy) is 2. The molecule has 3 rings (SSSR count). The maximum absolute atomic E-state index is 12.2. The molecule has 3 amide bonds. The van der Waals surface area contributed by atoms with Crippen LogP contribution in [0.2, 0.25) is 0 Å². The predicted molar refractivity (Wildman–Crippen MR) is 107 cm³/mol. The van der Waals surface area contributed by atoms with E-state index < -0.39 is 24.5 Å². The average Bonchev–Trinajstić information content (AvgIpc) is 3.29. The Kier molecular flexibility index (Phi) is 7.21. The molecule has 0 spiro atoms. The molecule has 0 unspecified atom stereocenters.